The Labute approximate surface area is 174 Å². The summed E-state index contributed by atoms with van der Waals surface area (Å²) in [6.07, 6.45) is 3.21. The monoisotopic (exact) mass is 429 g/mol. The zero-order valence-electron chi connectivity index (χ0n) is 17.0. The van der Waals surface area contributed by atoms with E-state index in [9.17, 15) is 13.2 Å². The van der Waals surface area contributed by atoms with E-state index in [1.165, 1.54) is 6.07 Å². The summed E-state index contributed by atoms with van der Waals surface area (Å²) in [7, 11) is -3.72. The molecule has 1 aromatic heterocycles. The standard InChI is InChI=1S/C20H23N5O4S/c1-12-9-21-19-24(11-14-10-22-29-13(14)2)18(26)16-8-15(4-5-17(16)25(12)19)30(27,28)23-20(3)6-7-20/h4-5,8,10,12,23H,6-7,9,11H2,1-3H3/t12-/m1/s1. The van der Waals surface area contributed by atoms with E-state index in [0.717, 1.165) is 18.4 Å². The minimum absolute atomic E-state index is 0.0591. The molecule has 5 rings (SSSR count). The van der Waals surface area contributed by atoms with Crippen LogP contribution < -0.4 is 9.62 Å². The minimum Gasteiger partial charge on any atom is -0.361 e. The van der Waals surface area contributed by atoms with Gasteiger partial charge in [-0.15, -0.1) is 0 Å². The maximum absolute atomic E-state index is 13.4. The normalized spacial score (nSPS) is 22.0. The highest BCUT2D eigenvalue weighted by molar-refractivity contribution is 7.89. The van der Waals surface area contributed by atoms with Crippen molar-refractivity contribution >= 4 is 27.6 Å². The third kappa shape index (κ3) is 3.02. The topological polar surface area (TPSA) is 108 Å². The van der Waals surface area contributed by atoms with Crippen molar-refractivity contribution in [2.45, 2.75) is 56.6 Å². The number of aryl methyl sites for hydroxylation is 1. The number of hydrogen-bond acceptors (Lipinski definition) is 7. The maximum atomic E-state index is 13.4. The second-order valence-corrected chi connectivity index (χ2v) is 10.2. The molecule has 1 atom stereocenters. The average molecular weight is 430 g/mol. The van der Waals surface area contributed by atoms with Gasteiger partial charge in [-0.25, -0.2) is 13.1 Å². The molecule has 1 aromatic carbocycles. The number of benzene rings is 1. The molecule has 0 unspecified atom stereocenters. The number of aliphatic imine (C=N–C) groups is 1. The van der Waals surface area contributed by atoms with E-state index >= 15 is 0 Å². The van der Waals surface area contributed by atoms with Crippen molar-refractivity contribution in [2.75, 3.05) is 11.4 Å². The van der Waals surface area contributed by atoms with Gasteiger partial charge in [-0.2, -0.15) is 0 Å². The number of hydrogen-bond donors (Lipinski definition) is 1. The molecule has 10 heteroatoms. The lowest BCUT2D eigenvalue weighted by atomic mass is 10.1. The van der Waals surface area contributed by atoms with Crippen LogP contribution >= 0.6 is 0 Å². The fraction of sp³-hybridized carbons (Fsp3) is 0.450. The molecule has 9 nitrogen and oxygen atoms in total. The smallest absolute Gasteiger partial charge is 0.263 e. The third-order valence-corrected chi connectivity index (χ3v) is 7.60. The fourth-order valence-electron chi connectivity index (χ4n) is 3.89. The summed E-state index contributed by atoms with van der Waals surface area (Å²) in [6, 6.07) is 4.80. The SMILES string of the molecule is Cc1oncc1CN1C(=O)c2cc(S(=O)(=O)NC3(C)CC3)ccc2N2C1=NC[C@H]2C. The predicted octanol–water partition coefficient (Wildman–Crippen LogP) is 2.03. The molecule has 30 heavy (non-hydrogen) atoms. The molecule has 1 fully saturated rings. The molecule has 1 N–H and O–H groups in total. The van der Waals surface area contributed by atoms with Crippen LogP contribution in [0.4, 0.5) is 5.69 Å². The molecule has 0 saturated heterocycles. The molecule has 1 saturated carbocycles. The van der Waals surface area contributed by atoms with Crippen LogP contribution in [0.2, 0.25) is 0 Å². The fourth-order valence-corrected chi connectivity index (χ4v) is 5.38. The van der Waals surface area contributed by atoms with Gasteiger partial charge >= 0.3 is 0 Å². The van der Waals surface area contributed by atoms with Crippen molar-refractivity contribution < 1.29 is 17.7 Å². The lowest BCUT2D eigenvalue weighted by molar-refractivity contribution is 0.0832. The van der Waals surface area contributed by atoms with Gasteiger partial charge in [0.1, 0.15) is 5.76 Å². The molecule has 2 aromatic rings. The first kappa shape index (κ1) is 19.3. The highest BCUT2D eigenvalue weighted by Crippen LogP contribution is 2.38. The molecule has 3 heterocycles. The molecule has 3 aliphatic rings. The number of carbonyl (C=O) groups is 1. The van der Waals surface area contributed by atoms with Crippen molar-refractivity contribution in [3.63, 3.8) is 0 Å². The highest BCUT2D eigenvalue weighted by Gasteiger charge is 2.43. The van der Waals surface area contributed by atoms with Crippen molar-refractivity contribution in [1.29, 1.82) is 0 Å². The number of rotatable bonds is 5. The number of carbonyl (C=O) groups excluding carboxylic acids is 1. The van der Waals surface area contributed by atoms with Gasteiger partial charge in [0.25, 0.3) is 5.91 Å². The van der Waals surface area contributed by atoms with E-state index in [-0.39, 0.29) is 28.9 Å². The zero-order chi connectivity index (χ0) is 21.3. The third-order valence-electron chi connectivity index (χ3n) is 5.97. The quantitative estimate of drug-likeness (QED) is 0.779. The number of guanidine groups is 1. The second kappa shape index (κ2) is 6.39. The van der Waals surface area contributed by atoms with Gasteiger partial charge in [-0.05, 0) is 51.8 Å². The summed E-state index contributed by atoms with van der Waals surface area (Å²) in [5.41, 5.74) is 1.42. The van der Waals surface area contributed by atoms with E-state index in [1.807, 2.05) is 18.7 Å². The Morgan fingerprint density at radius 3 is 2.77 bits per heavy atom. The van der Waals surface area contributed by atoms with Crippen LogP contribution in [-0.4, -0.2) is 48.5 Å². The molecular weight excluding hydrogens is 406 g/mol. The Bertz CT molecular complexity index is 1180. The summed E-state index contributed by atoms with van der Waals surface area (Å²) in [5, 5.41) is 3.79. The number of fused-ring (bicyclic) bond motifs is 3. The summed E-state index contributed by atoms with van der Waals surface area (Å²) in [5.74, 6) is 0.911. The maximum Gasteiger partial charge on any atom is 0.263 e. The molecule has 0 spiro atoms. The predicted molar refractivity (Wildman–Crippen MR) is 110 cm³/mol. The first-order valence-corrected chi connectivity index (χ1v) is 11.4. The number of sulfonamides is 1. The van der Waals surface area contributed by atoms with E-state index in [0.29, 0.717) is 29.5 Å². The average Bonchev–Trinajstić information content (AvgIpc) is 3.07. The van der Waals surface area contributed by atoms with Gasteiger partial charge in [0, 0.05) is 11.1 Å². The number of nitrogens with one attached hydrogen (secondary N) is 1. The van der Waals surface area contributed by atoms with Gasteiger partial charge in [-0.3, -0.25) is 14.7 Å². The van der Waals surface area contributed by atoms with Crippen LogP contribution in [-0.2, 0) is 16.6 Å². The minimum atomic E-state index is -3.72. The number of anilines is 1. The Kier molecular flexibility index (Phi) is 4.10. The Morgan fingerprint density at radius 1 is 1.33 bits per heavy atom. The van der Waals surface area contributed by atoms with Crippen LogP contribution in [0.5, 0.6) is 0 Å². The van der Waals surface area contributed by atoms with Crippen LogP contribution in [0.3, 0.4) is 0 Å². The largest absolute Gasteiger partial charge is 0.361 e. The molecule has 1 amide bonds. The first-order valence-electron chi connectivity index (χ1n) is 9.92. The van der Waals surface area contributed by atoms with E-state index in [1.54, 1.807) is 30.2 Å². The van der Waals surface area contributed by atoms with Crippen LogP contribution in [0.15, 0.2) is 38.8 Å². The van der Waals surface area contributed by atoms with Gasteiger partial charge in [0.05, 0.1) is 41.5 Å². The number of amides is 1. The van der Waals surface area contributed by atoms with Crippen molar-refractivity contribution in [3.05, 3.63) is 41.3 Å². The van der Waals surface area contributed by atoms with Gasteiger partial charge in [-0.1, -0.05) is 5.16 Å². The number of nitrogens with zero attached hydrogens (tertiary/aromatic N) is 4. The van der Waals surface area contributed by atoms with Crippen molar-refractivity contribution in [1.82, 2.24) is 14.8 Å². The zero-order valence-corrected chi connectivity index (χ0v) is 17.9. The molecule has 158 valence electrons. The molecular formula is C20H23N5O4S. The van der Waals surface area contributed by atoms with E-state index in [4.69, 9.17) is 4.52 Å². The van der Waals surface area contributed by atoms with Crippen LogP contribution in [0.25, 0.3) is 0 Å². The Hall–Kier alpha value is -2.72. The summed E-state index contributed by atoms with van der Waals surface area (Å²) in [4.78, 5) is 21.7. The first-order chi connectivity index (χ1) is 14.2. The van der Waals surface area contributed by atoms with Gasteiger partial charge in [0.15, 0.2) is 0 Å². The number of aromatic nitrogens is 1. The molecule has 2 aliphatic heterocycles. The van der Waals surface area contributed by atoms with Crippen LogP contribution in [0, 0.1) is 6.92 Å². The second-order valence-electron chi connectivity index (χ2n) is 8.50. The lowest BCUT2D eigenvalue weighted by Gasteiger charge is -2.38. The summed E-state index contributed by atoms with van der Waals surface area (Å²) in [6.45, 7) is 6.51. The Morgan fingerprint density at radius 2 is 2.10 bits per heavy atom. The van der Waals surface area contributed by atoms with Gasteiger partial charge < -0.3 is 9.42 Å². The summed E-state index contributed by atoms with van der Waals surface area (Å²) >= 11 is 0. The Balaban J connectivity index is 1.56. The van der Waals surface area contributed by atoms with Crippen molar-refractivity contribution in [3.8, 4) is 0 Å². The molecule has 1 aliphatic carbocycles. The molecule has 0 radical (unpaired) electrons. The molecule has 0 bridgehead atoms. The lowest BCUT2D eigenvalue weighted by Crippen LogP contribution is -2.52. The van der Waals surface area contributed by atoms with Crippen LogP contribution in [0.1, 0.15) is 48.4 Å². The van der Waals surface area contributed by atoms with Gasteiger partial charge in [0.2, 0.25) is 16.0 Å². The van der Waals surface area contributed by atoms with Crippen molar-refractivity contribution in [2.24, 2.45) is 4.99 Å². The van der Waals surface area contributed by atoms with E-state index in [2.05, 4.69) is 14.9 Å². The highest BCUT2D eigenvalue weighted by atomic mass is 32.2. The summed E-state index contributed by atoms with van der Waals surface area (Å²) < 4.78 is 33.6. The van der Waals surface area contributed by atoms with E-state index < -0.39 is 10.0 Å².